The van der Waals surface area contributed by atoms with E-state index in [-0.39, 0.29) is 0 Å². The Labute approximate surface area is 112 Å². The molecular weight excluding hydrogens is 248 g/mol. The van der Waals surface area contributed by atoms with Gasteiger partial charge in [0.2, 0.25) is 0 Å². The van der Waals surface area contributed by atoms with E-state index in [0.717, 1.165) is 17.0 Å². The van der Waals surface area contributed by atoms with Crippen LogP contribution in [-0.4, -0.2) is 12.1 Å². The van der Waals surface area contributed by atoms with Crippen molar-refractivity contribution in [2.45, 2.75) is 13.5 Å². The normalized spacial score (nSPS) is 10.2. The smallest absolute Gasteiger partial charge is 0.152 e. The molecule has 1 heterocycles. The Morgan fingerprint density at radius 1 is 1.33 bits per heavy atom. The summed E-state index contributed by atoms with van der Waals surface area (Å²) in [7, 11) is 1.68. The Bertz CT molecular complexity index is 543. The molecule has 94 valence electrons. The molecule has 3 nitrogen and oxygen atoms in total. The topological polar surface area (TPSA) is 34.1 Å². The predicted octanol–water partition coefficient (Wildman–Crippen LogP) is 3.66. The van der Waals surface area contributed by atoms with E-state index in [9.17, 15) is 0 Å². The van der Waals surface area contributed by atoms with E-state index < -0.39 is 0 Å². The molecule has 0 amide bonds. The van der Waals surface area contributed by atoms with Gasteiger partial charge in [-0.2, -0.15) is 0 Å². The number of aryl methyl sites for hydroxylation is 1. The van der Waals surface area contributed by atoms with Gasteiger partial charge in [0, 0.05) is 12.7 Å². The molecule has 1 aromatic heterocycles. The molecule has 0 bridgehead atoms. The number of aromatic nitrogens is 1. The fourth-order valence-corrected chi connectivity index (χ4v) is 1.95. The van der Waals surface area contributed by atoms with Gasteiger partial charge < -0.3 is 10.1 Å². The number of hydrogen-bond acceptors (Lipinski definition) is 3. The summed E-state index contributed by atoms with van der Waals surface area (Å²) in [6.45, 7) is 2.73. The fraction of sp³-hybridized carbons (Fsp3) is 0.214. The third kappa shape index (κ3) is 2.93. The number of anilines is 1. The van der Waals surface area contributed by atoms with Crippen LogP contribution in [0.2, 0.25) is 5.15 Å². The van der Waals surface area contributed by atoms with Crippen molar-refractivity contribution < 1.29 is 4.74 Å². The Balaban J connectivity index is 2.07. The van der Waals surface area contributed by atoms with E-state index in [1.165, 1.54) is 5.56 Å². The van der Waals surface area contributed by atoms with Gasteiger partial charge in [-0.05, 0) is 36.2 Å². The van der Waals surface area contributed by atoms with Crippen LogP contribution >= 0.6 is 11.6 Å². The van der Waals surface area contributed by atoms with Crippen molar-refractivity contribution in [1.29, 1.82) is 0 Å². The highest BCUT2D eigenvalue weighted by Gasteiger charge is 2.02. The molecule has 0 saturated heterocycles. The minimum Gasteiger partial charge on any atom is -0.496 e. The zero-order chi connectivity index (χ0) is 13.0. The second kappa shape index (κ2) is 5.74. The zero-order valence-corrected chi connectivity index (χ0v) is 11.2. The maximum Gasteiger partial charge on any atom is 0.152 e. The van der Waals surface area contributed by atoms with Gasteiger partial charge in [0.1, 0.15) is 5.75 Å². The third-order valence-corrected chi connectivity index (χ3v) is 3.00. The third-order valence-electron chi connectivity index (χ3n) is 2.70. The Kier molecular flexibility index (Phi) is 4.05. The number of benzene rings is 1. The van der Waals surface area contributed by atoms with Crippen molar-refractivity contribution in [2.24, 2.45) is 0 Å². The number of pyridine rings is 1. The molecule has 0 aliphatic carbocycles. The first-order valence-electron chi connectivity index (χ1n) is 5.68. The van der Waals surface area contributed by atoms with Crippen LogP contribution in [-0.2, 0) is 6.54 Å². The van der Waals surface area contributed by atoms with Crippen molar-refractivity contribution in [3.63, 3.8) is 0 Å². The number of halogens is 1. The lowest BCUT2D eigenvalue weighted by atomic mass is 10.1. The lowest BCUT2D eigenvalue weighted by Gasteiger charge is -2.10. The predicted molar refractivity (Wildman–Crippen MR) is 74.3 cm³/mol. The van der Waals surface area contributed by atoms with Gasteiger partial charge in [0.25, 0.3) is 0 Å². The molecule has 0 saturated carbocycles. The second-order valence-electron chi connectivity index (χ2n) is 4.00. The minimum atomic E-state index is 0.489. The summed E-state index contributed by atoms with van der Waals surface area (Å²) < 4.78 is 5.23. The van der Waals surface area contributed by atoms with Crippen molar-refractivity contribution >= 4 is 17.3 Å². The molecular formula is C14H15ClN2O. The van der Waals surface area contributed by atoms with Crippen molar-refractivity contribution in [3.8, 4) is 5.75 Å². The molecule has 0 spiro atoms. The van der Waals surface area contributed by atoms with Crippen LogP contribution in [0.15, 0.2) is 36.5 Å². The monoisotopic (exact) mass is 262 g/mol. The lowest BCUT2D eigenvalue weighted by Crippen LogP contribution is -2.01. The van der Waals surface area contributed by atoms with E-state index in [1.807, 2.05) is 31.2 Å². The van der Waals surface area contributed by atoms with E-state index in [2.05, 4.69) is 16.4 Å². The molecule has 4 heteroatoms. The first-order valence-corrected chi connectivity index (χ1v) is 6.06. The maximum atomic E-state index is 5.98. The molecule has 1 N–H and O–H groups in total. The highest BCUT2D eigenvalue weighted by molar-refractivity contribution is 6.31. The molecule has 2 aromatic rings. The average molecular weight is 263 g/mol. The molecule has 0 radical (unpaired) electrons. The number of methoxy groups -OCH3 is 1. The summed E-state index contributed by atoms with van der Waals surface area (Å²) in [6, 6.07) is 9.86. The van der Waals surface area contributed by atoms with Crippen LogP contribution in [0, 0.1) is 6.92 Å². The Morgan fingerprint density at radius 3 is 2.83 bits per heavy atom. The zero-order valence-electron chi connectivity index (χ0n) is 10.4. The van der Waals surface area contributed by atoms with Crippen LogP contribution in [0.5, 0.6) is 5.75 Å². The molecule has 0 aliphatic rings. The molecule has 1 aromatic carbocycles. The SMILES string of the molecule is COc1ccc(CNc2cccnc2Cl)cc1C. The quantitative estimate of drug-likeness (QED) is 0.854. The lowest BCUT2D eigenvalue weighted by molar-refractivity contribution is 0.411. The van der Waals surface area contributed by atoms with E-state index in [0.29, 0.717) is 11.7 Å². The van der Waals surface area contributed by atoms with Gasteiger partial charge in [-0.1, -0.05) is 23.7 Å². The van der Waals surface area contributed by atoms with Gasteiger partial charge in [-0.3, -0.25) is 0 Å². The number of hydrogen-bond donors (Lipinski definition) is 1. The number of nitrogens with one attached hydrogen (secondary N) is 1. The van der Waals surface area contributed by atoms with E-state index in [1.54, 1.807) is 13.3 Å². The summed E-state index contributed by atoms with van der Waals surface area (Å²) >= 11 is 5.98. The van der Waals surface area contributed by atoms with Crippen LogP contribution < -0.4 is 10.1 Å². The van der Waals surface area contributed by atoms with Crippen molar-refractivity contribution in [2.75, 3.05) is 12.4 Å². The summed E-state index contributed by atoms with van der Waals surface area (Å²) in [5, 5.41) is 3.75. The molecule has 18 heavy (non-hydrogen) atoms. The summed E-state index contributed by atoms with van der Waals surface area (Å²) in [5.41, 5.74) is 3.13. The van der Waals surface area contributed by atoms with Gasteiger partial charge >= 0.3 is 0 Å². The van der Waals surface area contributed by atoms with Crippen LogP contribution in [0.4, 0.5) is 5.69 Å². The van der Waals surface area contributed by atoms with Gasteiger partial charge in [0.15, 0.2) is 5.15 Å². The van der Waals surface area contributed by atoms with Gasteiger partial charge in [0.05, 0.1) is 12.8 Å². The largest absolute Gasteiger partial charge is 0.496 e. The van der Waals surface area contributed by atoms with Crippen LogP contribution in [0.1, 0.15) is 11.1 Å². The van der Waals surface area contributed by atoms with Gasteiger partial charge in [-0.25, -0.2) is 4.98 Å². The molecule has 2 rings (SSSR count). The van der Waals surface area contributed by atoms with E-state index in [4.69, 9.17) is 16.3 Å². The van der Waals surface area contributed by atoms with E-state index >= 15 is 0 Å². The van der Waals surface area contributed by atoms with Crippen LogP contribution in [0.3, 0.4) is 0 Å². The van der Waals surface area contributed by atoms with Crippen LogP contribution in [0.25, 0.3) is 0 Å². The highest BCUT2D eigenvalue weighted by Crippen LogP contribution is 2.21. The average Bonchev–Trinajstić information content (AvgIpc) is 2.38. The van der Waals surface area contributed by atoms with Crippen molar-refractivity contribution in [1.82, 2.24) is 4.98 Å². The first-order chi connectivity index (χ1) is 8.70. The van der Waals surface area contributed by atoms with Crippen molar-refractivity contribution in [3.05, 3.63) is 52.8 Å². The highest BCUT2D eigenvalue weighted by atomic mass is 35.5. The number of nitrogens with zero attached hydrogens (tertiary/aromatic N) is 1. The molecule has 0 fully saturated rings. The summed E-state index contributed by atoms with van der Waals surface area (Å²) in [4.78, 5) is 4.02. The molecule has 0 atom stereocenters. The number of rotatable bonds is 4. The first kappa shape index (κ1) is 12.7. The number of ether oxygens (including phenoxy) is 1. The standard InChI is InChI=1S/C14H15ClN2O/c1-10-8-11(5-6-13(10)18-2)9-17-12-4-3-7-16-14(12)15/h3-8,17H,9H2,1-2H3. The Hall–Kier alpha value is -1.74. The fourth-order valence-electron chi connectivity index (χ4n) is 1.77. The van der Waals surface area contributed by atoms with Gasteiger partial charge in [-0.15, -0.1) is 0 Å². The molecule has 0 unspecified atom stereocenters. The summed E-state index contributed by atoms with van der Waals surface area (Å²) in [6.07, 6.45) is 1.67. The Morgan fingerprint density at radius 2 is 2.17 bits per heavy atom. The summed E-state index contributed by atoms with van der Waals surface area (Å²) in [5.74, 6) is 0.901. The minimum absolute atomic E-state index is 0.489. The second-order valence-corrected chi connectivity index (χ2v) is 4.36. The maximum absolute atomic E-state index is 5.98. The molecule has 0 aliphatic heterocycles.